The Morgan fingerprint density at radius 3 is 2.83 bits per heavy atom. The van der Waals surface area contributed by atoms with Crippen molar-refractivity contribution in [3.8, 4) is 0 Å². The molecule has 0 aromatic carbocycles. The Hall–Kier alpha value is -1.38. The number of rotatable bonds is 0. The van der Waals surface area contributed by atoms with E-state index in [0.29, 0.717) is 0 Å². The van der Waals surface area contributed by atoms with E-state index in [0.717, 1.165) is 24.0 Å². The molecule has 0 radical (unpaired) electrons. The van der Waals surface area contributed by atoms with Gasteiger partial charge in [0.2, 0.25) is 0 Å². The van der Waals surface area contributed by atoms with Gasteiger partial charge in [-0.05, 0) is 31.4 Å². The lowest BCUT2D eigenvalue weighted by Crippen LogP contribution is -2.39. The SMILES string of the molecule is CC1=C2[C@@H]3OC(=O)[C@H](C)[C@H]3CC[C@@]2(C)C=CC1=O. The van der Waals surface area contributed by atoms with Crippen molar-refractivity contribution in [3.63, 3.8) is 0 Å². The molecule has 0 bridgehead atoms. The summed E-state index contributed by atoms with van der Waals surface area (Å²) in [5.74, 6) is 0.144. The molecule has 96 valence electrons. The second-order valence-corrected chi connectivity index (χ2v) is 6.00. The summed E-state index contributed by atoms with van der Waals surface area (Å²) in [6, 6.07) is 0. The molecule has 0 aromatic rings. The van der Waals surface area contributed by atoms with E-state index in [2.05, 4.69) is 6.92 Å². The number of allylic oxidation sites excluding steroid dienone is 3. The summed E-state index contributed by atoms with van der Waals surface area (Å²) in [6.45, 7) is 5.94. The van der Waals surface area contributed by atoms with Crippen LogP contribution in [0, 0.1) is 17.3 Å². The molecule has 3 rings (SSSR count). The summed E-state index contributed by atoms with van der Waals surface area (Å²) in [5, 5.41) is 0. The Bertz CT molecular complexity index is 500. The van der Waals surface area contributed by atoms with Crippen molar-refractivity contribution in [1.29, 1.82) is 0 Å². The number of ketones is 1. The Balaban J connectivity index is 2.10. The highest BCUT2D eigenvalue weighted by atomic mass is 16.6. The molecule has 4 atom stereocenters. The molecule has 2 aliphatic carbocycles. The lowest BCUT2D eigenvalue weighted by molar-refractivity contribution is -0.143. The van der Waals surface area contributed by atoms with Crippen LogP contribution in [0.4, 0.5) is 0 Å². The Kier molecular flexibility index (Phi) is 2.31. The van der Waals surface area contributed by atoms with Gasteiger partial charge in [-0.25, -0.2) is 0 Å². The average Bonchev–Trinajstić information content (AvgIpc) is 2.60. The van der Waals surface area contributed by atoms with Crippen LogP contribution in [0.5, 0.6) is 0 Å². The van der Waals surface area contributed by atoms with Crippen LogP contribution in [0.15, 0.2) is 23.3 Å². The van der Waals surface area contributed by atoms with Crippen molar-refractivity contribution < 1.29 is 14.3 Å². The van der Waals surface area contributed by atoms with Crippen molar-refractivity contribution in [1.82, 2.24) is 0 Å². The van der Waals surface area contributed by atoms with Crippen molar-refractivity contribution in [2.75, 3.05) is 0 Å². The van der Waals surface area contributed by atoms with Crippen LogP contribution >= 0.6 is 0 Å². The first-order valence-electron chi connectivity index (χ1n) is 6.59. The van der Waals surface area contributed by atoms with Gasteiger partial charge in [0, 0.05) is 16.9 Å². The zero-order valence-corrected chi connectivity index (χ0v) is 11.0. The Labute approximate surface area is 107 Å². The zero-order chi connectivity index (χ0) is 13.1. The molecular weight excluding hydrogens is 228 g/mol. The molecule has 0 unspecified atom stereocenters. The second kappa shape index (κ2) is 3.56. The van der Waals surface area contributed by atoms with Crippen LogP contribution in [0.2, 0.25) is 0 Å². The Morgan fingerprint density at radius 1 is 1.39 bits per heavy atom. The lowest BCUT2D eigenvalue weighted by Gasteiger charge is -2.42. The normalized spacial score (nSPS) is 42.7. The molecular formula is C15H18O3. The number of esters is 1. The quantitative estimate of drug-likeness (QED) is 0.616. The largest absolute Gasteiger partial charge is 0.457 e. The molecule has 1 aliphatic heterocycles. The molecule has 3 nitrogen and oxygen atoms in total. The second-order valence-electron chi connectivity index (χ2n) is 6.00. The molecule has 0 aromatic heterocycles. The third kappa shape index (κ3) is 1.36. The smallest absolute Gasteiger partial charge is 0.309 e. The minimum absolute atomic E-state index is 0.0409. The number of carbonyl (C=O) groups is 2. The highest BCUT2D eigenvalue weighted by Crippen LogP contribution is 2.52. The summed E-state index contributed by atoms with van der Waals surface area (Å²) < 4.78 is 5.55. The van der Waals surface area contributed by atoms with Gasteiger partial charge in [0.05, 0.1) is 5.92 Å². The highest BCUT2D eigenvalue weighted by Gasteiger charge is 2.52. The van der Waals surface area contributed by atoms with Gasteiger partial charge >= 0.3 is 5.97 Å². The number of hydrogen-bond donors (Lipinski definition) is 0. The predicted octanol–water partition coefficient (Wildman–Crippen LogP) is 2.42. The molecule has 0 N–H and O–H groups in total. The molecule has 0 amide bonds. The molecule has 0 spiro atoms. The number of ether oxygens (including phenoxy) is 1. The molecule has 1 heterocycles. The van der Waals surface area contributed by atoms with Crippen LogP contribution in [0.25, 0.3) is 0 Å². The molecule has 2 fully saturated rings. The first-order chi connectivity index (χ1) is 8.44. The van der Waals surface area contributed by atoms with E-state index >= 15 is 0 Å². The summed E-state index contributed by atoms with van der Waals surface area (Å²) in [5.41, 5.74) is 1.71. The fraction of sp³-hybridized carbons (Fsp3) is 0.600. The molecule has 1 saturated carbocycles. The summed E-state index contributed by atoms with van der Waals surface area (Å²) in [4.78, 5) is 23.6. The molecule has 1 saturated heterocycles. The number of hydrogen-bond acceptors (Lipinski definition) is 3. The minimum atomic E-state index is -0.180. The predicted molar refractivity (Wildman–Crippen MR) is 66.7 cm³/mol. The zero-order valence-electron chi connectivity index (χ0n) is 11.0. The van der Waals surface area contributed by atoms with Gasteiger partial charge in [-0.2, -0.15) is 0 Å². The molecule has 3 aliphatic rings. The number of carbonyl (C=O) groups excluding carboxylic acids is 2. The van der Waals surface area contributed by atoms with Gasteiger partial charge in [-0.15, -0.1) is 0 Å². The van der Waals surface area contributed by atoms with Gasteiger partial charge in [0.1, 0.15) is 6.10 Å². The van der Waals surface area contributed by atoms with Crippen LogP contribution in [-0.4, -0.2) is 17.9 Å². The van der Waals surface area contributed by atoms with E-state index in [1.807, 2.05) is 19.9 Å². The van der Waals surface area contributed by atoms with Crippen LogP contribution < -0.4 is 0 Å². The average molecular weight is 246 g/mol. The van der Waals surface area contributed by atoms with Gasteiger partial charge in [-0.3, -0.25) is 9.59 Å². The third-order valence-corrected chi connectivity index (χ3v) is 4.92. The first kappa shape index (κ1) is 11.7. The van der Waals surface area contributed by atoms with Gasteiger partial charge in [-0.1, -0.05) is 19.9 Å². The fourth-order valence-corrected chi connectivity index (χ4v) is 3.69. The van der Waals surface area contributed by atoms with E-state index in [1.165, 1.54) is 0 Å². The third-order valence-electron chi connectivity index (χ3n) is 4.92. The van der Waals surface area contributed by atoms with Crippen molar-refractivity contribution in [2.24, 2.45) is 17.3 Å². The highest BCUT2D eigenvalue weighted by molar-refractivity contribution is 6.05. The van der Waals surface area contributed by atoms with E-state index < -0.39 is 0 Å². The van der Waals surface area contributed by atoms with Crippen molar-refractivity contribution in [2.45, 2.75) is 39.7 Å². The monoisotopic (exact) mass is 246 g/mol. The fourth-order valence-electron chi connectivity index (χ4n) is 3.69. The minimum Gasteiger partial charge on any atom is -0.457 e. The van der Waals surface area contributed by atoms with E-state index in [-0.39, 0.29) is 35.1 Å². The van der Waals surface area contributed by atoms with E-state index in [1.54, 1.807) is 6.08 Å². The maximum atomic E-state index is 11.9. The van der Waals surface area contributed by atoms with Gasteiger partial charge in [0.25, 0.3) is 0 Å². The first-order valence-corrected chi connectivity index (χ1v) is 6.59. The van der Waals surface area contributed by atoms with Crippen LogP contribution in [0.3, 0.4) is 0 Å². The molecule has 18 heavy (non-hydrogen) atoms. The standard InChI is InChI=1S/C15H18O3/c1-8-10-4-6-15(3)7-5-11(16)9(2)12(15)13(10)18-14(8)17/h5,7-8,10,13H,4,6H2,1-3H3/t8-,10-,13-,15+/m1/s1. The lowest BCUT2D eigenvalue weighted by atomic mass is 9.62. The maximum Gasteiger partial charge on any atom is 0.309 e. The van der Waals surface area contributed by atoms with Crippen molar-refractivity contribution in [3.05, 3.63) is 23.3 Å². The van der Waals surface area contributed by atoms with E-state index in [9.17, 15) is 9.59 Å². The van der Waals surface area contributed by atoms with Gasteiger partial charge in [0.15, 0.2) is 5.78 Å². The van der Waals surface area contributed by atoms with Gasteiger partial charge < -0.3 is 4.74 Å². The summed E-state index contributed by atoms with van der Waals surface area (Å²) >= 11 is 0. The summed E-state index contributed by atoms with van der Waals surface area (Å²) in [7, 11) is 0. The van der Waals surface area contributed by atoms with Crippen molar-refractivity contribution >= 4 is 11.8 Å². The maximum absolute atomic E-state index is 11.9. The van der Waals surface area contributed by atoms with E-state index in [4.69, 9.17) is 4.74 Å². The molecule has 3 heteroatoms. The number of fused-ring (bicyclic) bond motifs is 3. The van der Waals surface area contributed by atoms with Crippen LogP contribution in [0.1, 0.15) is 33.6 Å². The van der Waals surface area contributed by atoms with Crippen LogP contribution in [-0.2, 0) is 14.3 Å². The summed E-state index contributed by atoms with van der Waals surface area (Å²) in [6.07, 6.45) is 5.46. The topological polar surface area (TPSA) is 43.4 Å². The Morgan fingerprint density at radius 2 is 2.11 bits per heavy atom.